The Balaban J connectivity index is 2.09. The molecule has 0 spiro atoms. The molecule has 9 heteroatoms. The number of carboxylic acids is 2. The van der Waals surface area contributed by atoms with Crippen molar-refractivity contribution in [3.63, 3.8) is 0 Å². The SMILES string of the molecule is COc1ccc(-c2csc3nc(C)nc(NC(CC(=O)O)C(=O)O)c23)cc1. The minimum atomic E-state index is -1.30. The molecule has 8 nitrogen and oxygen atoms in total. The number of thiophene rings is 1. The highest BCUT2D eigenvalue weighted by Gasteiger charge is 2.24. The van der Waals surface area contributed by atoms with Crippen molar-refractivity contribution in [2.75, 3.05) is 12.4 Å². The average molecular weight is 387 g/mol. The van der Waals surface area contributed by atoms with Gasteiger partial charge in [-0.15, -0.1) is 11.3 Å². The van der Waals surface area contributed by atoms with Crippen LogP contribution in [-0.2, 0) is 9.59 Å². The van der Waals surface area contributed by atoms with E-state index in [9.17, 15) is 14.7 Å². The van der Waals surface area contributed by atoms with Gasteiger partial charge in [-0.25, -0.2) is 14.8 Å². The highest BCUT2D eigenvalue weighted by molar-refractivity contribution is 7.17. The van der Waals surface area contributed by atoms with Crippen molar-refractivity contribution in [3.8, 4) is 16.9 Å². The Bertz CT molecular complexity index is 1000. The zero-order chi connectivity index (χ0) is 19.6. The predicted octanol–water partition coefficient (Wildman–Crippen LogP) is 3.02. The predicted molar refractivity (Wildman–Crippen MR) is 101 cm³/mol. The zero-order valence-corrected chi connectivity index (χ0v) is 15.4. The average Bonchev–Trinajstić information content (AvgIpc) is 3.04. The van der Waals surface area contributed by atoms with Gasteiger partial charge < -0.3 is 20.3 Å². The molecule has 0 bridgehead atoms. The number of nitrogens with zero attached hydrogens (tertiary/aromatic N) is 2. The number of carbonyl (C=O) groups is 2. The number of aryl methyl sites for hydroxylation is 1. The summed E-state index contributed by atoms with van der Waals surface area (Å²) >= 11 is 1.41. The van der Waals surface area contributed by atoms with Crippen LogP contribution in [0.25, 0.3) is 21.3 Å². The molecule has 27 heavy (non-hydrogen) atoms. The molecule has 0 aliphatic heterocycles. The number of fused-ring (bicyclic) bond motifs is 1. The number of benzene rings is 1. The molecule has 0 amide bonds. The van der Waals surface area contributed by atoms with Gasteiger partial charge in [-0.3, -0.25) is 4.79 Å². The van der Waals surface area contributed by atoms with Crippen LogP contribution in [0.3, 0.4) is 0 Å². The Hall–Kier alpha value is -3.20. The van der Waals surface area contributed by atoms with E-state index in [2.05, 4.69) is 15.3 Å². The van der Waals surface area contributed by atoms with Crippen LogP contribution in [0.1, 0.15) is 12.2 Å². The molecule has 2 aromatic heterocycles. The second-order valence-corrected chi connectivity index (χ2v) is 6.67. The van der Waals surface area contributed by atoms with Gasteiger partial charge in [0.05, 0.1) is 18.9 Å². The van der Waals surface area contributed by atoms with Crippen LogP contribution in [0.4, 0.5) is 5.82 Å². The molecular weight excluding hydrogens is 370 g/mol. The molecule has 0 radical (unpaired) electrons. The molecular formula is C18H17N3O5S. The largest absolute Gasteiger partial charge is 0.497 e. The van der Waals surface area contributed by atoms with Gasteiger partial charge in [0.1, 0.15) is 28.3 Å². The van der Waals surface area contributed by atoms with Gasteiger partial charge in [0.2, 0.25) is 0 Å². The smallest absolute Gasteiger partial charge is 0.326 e. The van der Waals surface area contributed by atoms with Crippen LogP contribution in [-0.4, -0.2) is 45.3 Å². The second-order valence-electron chi connectivity index (χ2n) is 5.81. The summed E-state index contributed by atoms with van der Waals surface area (Å²) in [4.78, 5) is 31.9. The first kappa shape index (κ1) is 18.6. The lowest BCUT2D eigenvalue weighted by atomic mass is 10.1. The van der Waals surface area contributed by atoms with Crippen LogP contribution < -0.4 is 10.1 Å². The van der Waals surface area contributed by atoms with E-state index < -0.39 is 24.4 Å². The molecule has 2 heterocycles. The summed E-state index contributed by atoms with van der Waals surface area (Å²) in [5.41, 5.74) is 1.72. The Morgan fingerprint density at radius 3 is 2.52 bits per heavy atom. The van der Waals surface area contributed by atoms with Crippen molar-refractivity contribution < 1.29 is 24.5 Å². The molecule has 1 unspecified atom stereocenters. The lowest BCUT2D eigenvalue weighted by molar-refractivity contribution is -0.144. The van der Waals surface area contributed by atoms with Crippen molar-refractivity contribution in [3.05, 3.63) is 35.5 Å². The van der Waals surface area contributed by atoms with Gasteiger partial charge in [-0.05, 0) is 24.6 Å². The number of hydrogen-bond acceptors (Lipinski definition) is 7. The Labute approximate surface area is 158 Å². The summed E-state index contributed by atoms with van der Waals surface area (Å²) < 4.78 is 5.17. The standard InChI is InChI=1S/C18H17N3O5S/c1-9-19-16(21-13(18(24)25)7-14(22)23)15-12(8-27-17(15)20-9)10-3-5-11(26-2)6-4-10/h3-6,8,13H,7H2,1-2H3,(H,22,23)(H,24,25)(H,19,20,21). The molecule has 0 fully saturated rings. The minimum Gasteiger partial charge on any atom is -0.497 e. The first-order valence-corrected chi connectivity index (χ1v) is 8.88. The molecule has 0 saturated carbocycles. The Kier molecular flexibility index (Phi) is 5.22. The number of hydrogen-bond donors (Lipinski definition) is 3. The molecule has 140 valence electrons. The van der Waals surface area contributed by atoms with Crippen LogP contribution in [0.5, 0.6) is 5.75 Å². The van der Waals surface area contributed by atoms with Gasteiger partial charge in [0.25, 0.3) is 0 Å². The highest BCUT2D eigenvalue weighted by atomic mass is 32.1. The maximum Gasteiger partial charge on any atom is 0.326 e. The number of rotatable bonds is 7. The van der Waals surface area contributed by atoms with Crippen molar-refractivity contribution in [1.29, 1.82) is 0 Å². The maximum atomic E-state index is 11.4. The lowest BCUT2D eigenvalue weighted by Crippen LogP contribution is -2.32. The summed E-state index contributed by atoms with van der Waals surface area (Å²) in [6, 6.07) is 6.12. The third kappa shape index (κ3) is 3.98. The van der Waals surface area contributed by atoms with E-state index in [4.69, 9.17) is 9.84 Å². The van der Waals surface area contributed by atoms with Crippen molar-refractivity contribution in [2.24, 2.45) is 0 Å². The maximum absolute atomic E-state index is 11.4. The number of anilines is 1. The fourth-order valence-corrected chi connectivity index (χ4v) is 3.67. The summed E-state index contributed by atoms with van der Waals surface area (Å²) in [5.74, 6) is -0.984. The van der Waals surface area contributed by atoms with E-state index in [0.717, 1.165) is 16.9 Å². The van der Waals surface area contributed by atoms with E-state index in [1.165, 1.54) is 11.3 Å². The normalized spacial score (nSPS) is 11.9. The number of aliphatic carboxylic acids is 2. The Morgan fingerprint density at radius 2 is 1.93 bits per heavy atom. The molecule has 3 aromatic rings. The van der Waals surface area contributed by atoms with Crippen LogP contribution in [0, 0.1) is 6.92 Å². The molecule has 1 atom stereocenters. The second kappa shape index (κ2) is 7.58. The van der Waals surface area contributed by atoms with Gasteiger partial charge in [-0.1, -0.05) is 12.1 Å². The molecule has 0 aliphatic rings. The third-order valence-electron chi connectivity index (χ3n) is 3.93. The first-order chi connectivity index (χ1) is 12.9. The zero-order valence-electron chi connectivity index (χ0n) is 14.6. The lowest BCUT2D eigenvalue weighted by Gasteiger charge is -2.15. The minimum absolute atomic E-state index is 0.304. The van der Waals surface area contributed by atoms with Crippen molar-refractivity contribution in [2.45, 2.75) is 19.4 Å². The van der Waals surface area contributed by atoms with Crippen LogP contribution >= 0.6 is 11.3 Å². The molecule has 0 aliphatic carbocycles. The third-order valence-corrected chi connectivity index (χ3v) is 4.81. The number of carboxylic acid groups (broad SMARTS) is 2. The van der Waals surface area contributed by atoms with E-state index in [0.29, 0.717) is 21.9 Å². The van der Waals surface area contributed by atoms with Gasteiger partial charge >= 0.3 is 11.9 Å². The topological polar surface area (TPSA) is 122 Å². The first-order valence-electron chi connectivity index (χ1n) is 8.00. The van der Waals surface area contributed by atoms with E-state index >= 15 is 0 Å². The van der Waals surface area contributed by atoms with Crippen LogP contribution in [0.2, 0.25) is 0 Å². The van der Waals surface area contributed by atoms with Gasteiger partial charge in [-0.2, -0.15) is 0 Å². The van der Waals surface area contributed by atoms with Crippen molar-refractivity contribution in [1.82, 2.24) is 9.97 Å². The number of aromatic nitrogens is 2. The fraction of sp³-hybridized carbons (Fsp3) is 0.222. The fourth-order valence-electron chi connectivity index (χ4n) is 2.68. The van der Waals surface area contributed by atoms with E-state index in [1.807, 2.05) is 29.6 Å². The number of nitrogens with one attached hydrogen (secondary N) is 1. The quantitative estimate of drug-likeness (QED) is 0.565. The molecule has 1 aromatic carbocycles. The molecule has 3 N–H and O–H groups in total. The van der Waals surface area contributed by atoms with Crippen molar-refractivity contribution >= 4 is 39.3 Å². The Morgan fingerprint density at radius 1 is 1.22 bits per heavy atom. The van der Waals surface area contributed by atoms with E-state index in [-0.39, 0.29) is 0 Å². The summed E-state index contributed by atoms with van der Waals surface area (Å²) in [5, 5.41) is 23.7. The van der Waals surface area contributed by atoms with Crippen LogP contribution in [0.15, 0.2) is 29.6 Å². The number of ether oxygens (including phenoxy) is 1. The molecule has 0 saturated heterocycles. The molecule has 3 rings (SSSR count). The summed E-state index contributed by atoms with van der Waals surface area (Å²) in [6.07, 6.45) is -0.568. The summed E-state index contributed by atoms with van der Waals surface area (Å²) in [6.45, 7) is 1.70. The number of methoxy groups -OCH3 is 1. The highest BCUT2D eigenvalue weighted by Crippen LogP contribution is 2.37. The van der Waals surface area contributed by atoms with Gasteiger partial charge in [0, 0.05) is 10.9 Å². The van der Waals surface area contributed by atoms with E-state index in [1.54, 1.807) is 14.0 Å². The summed E-state index contributed by atoms with van der Waals surface area (Å²) in [7, 11) is 1.59. The monoisotopic (exact) mass is 387 g/mol. The van der Waals surface area contributed by atoms with Gasteiger partial charge in [0.15, 0.2) is 0 Å².